The highest BCUT2D eigenvalue weighted by Gasteiger charge is 2.12. The fourth-order valence-electron chi connectivity index (χ4n) is 1.98. The van der Waals surface area contributed by atoms with Crippen LogP contribution in [0.4, 0.5) is 5.69 Å². The van der Waals surface area contributed by atoms with Crippen LogP contribution in [0.1, 0.15) is 31.9 Å². The summed E-state index contributed by atoms with van der Waals surface area (Å²) in [4.78, 5) is 4.47. The maximum Gasteiger partial charge on any atom is 0.0762 e. The van der Waals surface area contributed by atoms with E-state index in [4.69, 9.17) is 11.6 Å². The van der Waals surface area contributed by atoms with Gasteiger partial charge in [-0.15, -0.1) is 0 Å². The van der Waals surface area contributed by atoms with Crippen molar-refractivity contribution in [3.63, 3.8) is 0 Å². The van der Waals surface area contributed by atoms with E-state index in [1.807, 2.05) is 18.2 Å². The van der Waals surface area contributed by atoms with Crippen molar-refractivity contribution < 1.29 is 5.11 Å². The molecule has 1 rings (SSSR count). The van der Waals surface area contributed by atoms with Gasteiger partial charge in [-0.3, -0.25) is 0 Å². The molecule has 1 aromatic carbocycles. The summed E-state index contributed by atoms with van der Waals surface area (Å²) in [7, 11) is 4.14. The molecular weight excluding hydrogens is 260 g/mol. The molecule has 108 valence electrons. The molecule has 0 saturated carbocycles. The highest BCUT2D eigenvalue weighted by Crippen LogP contribution is 2.29. The SMILES string of the molecule is CCCN(CCN(C)C)c1ccc(C(C)O)cc1Cl. The van der Waals surface area contributed by atoms with E-state index in [1.165, 1.54) is 0 Å². The summed E-state index contributed by atoms with van der Waals surface area (Å²) in [5.41, 5.74) is 1.91. The smallest absolute Gasteiger partial charge is 0.0762 e. The molecule has 3 nitrogen and oxygen atoms in total. The zero-order valence-corrected chi connectivity index (χ0v) is 13.1. The monoisotopic (exact) mass is 284 g/mol. The number of likely N-dealkylation sites (N-methyl/N-ethyl adjacent to an activating group) is 1. The van der Waals surface area contributed by atoms with E-state index >= 15 is 0 Å². The maximum atomic E-state index is 9.58. The van der Waals surface area contributed by atoms with E-state index in [9.17, 15) is 5.11 Å². The van der Waals surface area contributed by atoms with Crippen LogP contribution in [0.2, 0.25) is 5.02 Å². The van der Waals surface area contributed by atoms with Gasteiger partial charge in [-0.25, -0.2) is 0 Å². The molecular formula is C15H25ClN2O. The van der Waals surface area contributed by atoms with Crippen molar-refractivity contribution in [2.24, 2.45) is 0 Å². The van der Waals surface area contributed by atoms with E-state index in [-0.39, 0.29) is 0 Å². The van der Waals surface area contributed by atoms with Crippen LogP contribution in [-0.2, 0) is 0 Å². The minimum absolute atomic E-state index is 0.479. The van der Waals surface area contributed by atoms with Crippen LogP contribution in [0.25, 0.3) is 0 Å². The minimum atomic E-state index is -0.479. The van der Waals surface area contributed by atoms with Gasteiger partial charge in [0.25, 0.3) is 0 Å². The lowest BCUT2D eigenvalue weighted by Crippen LogP contribution is -2.32. The molecule has 0 amide bonds. The molecule has 1 N–H and O–H groups in total. The first-order valence-electron chi connectivity index (χ1n) is 6.83. The van der Waals surface area contributed by atoms with Crippen LogP contribution in [0.3, 0.4) is 0 Å². The summed E-state index contributed by atoms with van der Waals surface area (Å²) < 4.78 is 0. The molecule has 0 radical (unpaired) electrons. The zero-order valence-electron chi connectivity index (χ0n) is 12.4. The normalized spacial score (nSPS) is 12.8. The highest BCUT2D eigenvalue weighted by molar-refractivity contribution is 6.33. The maximum absolute atomic E-state index is 9.58. The summed E-state index contributed by atoms with van der Waals surface area (Å²) in [6, 6.07) is 5.82. The van der Waals surface area contributed by atoms with Gasteiger partial charge in [-0.05, 0) is 45.1 Å². The van der Waals surface area contributed by atoms with E-state index in [2.05, 4.69) is 30.8 Å². The summed E-state index contributed by atoms with van der Waals surface area (Å²) in [5, 5.41) is 10.3. The minimum Gasteiger partial charge on any atom is -0.389 e. The Bertz CT molecular complexity index is 394. The molecule has 0 aliphatic heterocycles. The quantitative estimate of drug-likeness (QED) is 0.833. The molecule has 0 heterocycles. The third-order valence-corrected chi connectivity index (χ3v) is 3.41. The number of nitrogens with zero attached hydrogens (tertiary/aromatic N) is 2. The van der Waals surface area contributed by atoms with Crippen molar-refractivity contribution >= 4 is 17.3 Å². The van der Waals surface area contributed by atoms with Crippen LogP contribution in [0.15, 0.2) is 18.2 Å². The van der Waals surface area contributed by atoms with Crippen LogP contribution < -0.4 is 4.90 Å². The molecule has 19 heavy (non-hydrogen) atoms. The Labute approximate surface area is 121 Å². The first-order valence-corrected chi connectivity index (χ1v) is 7.20. The summed E-state index contributed by atoms with van der Waals surface area (Å²) in [5.74, 6) is 0. The average Bonchev–Trinajstić information content (AvgIpc) is 2.34. The summed E-state index contributed by atoms with van der Waals surface area (Å²) in [6.07, 6.45) is 0.606. The predicted molar refractivity (Wildman–Crippen MR) is 83.1 cm³/mol. The Morgan fingerprint density at radius 1 is 1.21 bits per heavy atom. The summed E-state index contributed by atoms with van der Waals surface area (Å²) in [6.45, 7) is 6.85. The van der Waals surface area contributed by atoms with Crippen molar-refractivity contribution in [3.8, 4) is 0 Å². The van der Waals surface area contributed by atoms with Gasteiger partial charge < -0.3 is 14.9 Å². The van der Waals surface area contributed by atoms with Crippen molar-refractivity contribution in [3.05, 3.63) is 28.8 Å². The van der Waals surface area contributed by atoms with E-state index in [1.54, 1.807) is 6.92 Å². The Morgan fingerprint density at radius 3 is 2.37 bits per heavy atom. The van der Waals surface area contributed by atoms with Crippen molar-refractivity contribution in [2.45, 2.75) is 26.4 Å². The largest absolute Gasteiger partial charge is 0.389 e. The number of benzene rings is 1. The lowest BCUT2D eigenvalue weighted by molar-refractivity contribution is 0.199. The molecule has 0 aliphatic rings. The molecule has 4 heteroatoms. The number of rotatable bonds is 7. The lowest BCUT2D eigenvalue weighted by Gasteiger charge is -2.27. The van der Waals surface area contributed by atoms with E-state index in [0.717, 1.165) is 37.3 Å². The highest BCUT2D eigenvalue weighted by atomic mass is 35.5. The second-order valence-electron chi connectivity index (χ2n) is 5.18. The van der Waals surface area contributed by atoms with Crippen LogP contribution >= 0.6 is 11.6 Å². The zero-order chi connectivity index (χ0) is 14.4. The van der Waals surface area contributed by atoms with Crippen LogP contribution in [-0.4, -0.2) is 43.7 Å². The van der Waals surface area contributed by atoms with Crippen LogP contribution in [0.5, 0.6) is 0 Å². The molecule has 1 atom stereocenters. The third kappa shape index (κ3) is 5.01. The molecule has 0 spiro atoms. The second-order valence-corrected chi connectivity index (χ2v) is 5.58. The number of anilines is 1. The molecule has 0 aliphatic carbocycles. The number of halogens is 1. The number of aliphatic hydroxyl groups excluding tert-OH is 1. The molecule has 0 aromatic heterocycles. The number of hydrogen-bond donors (Lipinski definition) is 1. The van der Waals surface area contributed by atoms with Gasteiger partial charge in [0.05, 0.1) is 16.8 Å². The van der Waals surface area contributed by atoms with Crippen molar-refractivity contribution in [2.75, 3.05) is 38.6 Å². The topological polar surface area (TPSA) is 26.7 Å². The van der Waals surface area contributed by atoms with Gasteiger partial charge in [0.1, 0.15) is 0 Å². The van der Waals surface area contributed by atoms with E-state index < -0.39 is 6.10 Å². The standard InChI is InChI=1S/C15H25ClN2O/c1-5-8-18(10-9-17(3)4)15-7-6-13(12(2)19)11-14(15)16/h6-7,11-12,19H,5,8-10H2,1-4H3. The van der Waals surface area contributed by atoms with Gasteiger partial charge in [0.2, 0.25) is 0 Å². The van der Waals surface area contributed by atoms with Crippen LogP contribution in [0, 0.1) is 0 Å². The van der Waals surface area contributed by atoms with Crippen molar-refractivity contribution in [1.29, 1.82) is 0 Å². The first-order chi connectivity index (χ1) is 8.95. The Morgan fingerprint density at radius 2 is 1.89 bits per heavy atom. The molecule has 1 unspecified atom stereocenters. The van der Waals surface area contributed by atoms with Gasteiger partial charge in [0, 0.05) is 19.6 Å². The van der Waals surface area contributed by atoms with Gasteiger partial charge in [-0.1, -0.05) is 24.6 Å². The Hall–Kier alpha value is -0.770. The predicted octanol–water partition coefficient (Wildman–Crippen LogP) is 3.17. The summed E-state index contributed by atoms with van der Waals surface area (Å²) >= 11 is 6.35. The molecule has 0 saturated heterocycles. The van der Waals surface area contributed by atoms with Gasteiger partial charge >= 0.3 is 0 Å². The fraction of sp³-hybridized carbons (Fsp3) is 0.600. The second kappa shape index (κ2) is 7.73. The van der Waals surface area contributed by atoms with Gasteiger partial charge in [0.15, 0.2) is 0 Å². The fourth-order valence-corrected chi connectivity index (χ4v) is 2.29. The molecule has 1 aromatic rings. The van der Waals surface area contributed by atoms with Gasteiger partial charge in [-0.2, -0.15) is 0 Å². The number of hydrogen-bond acceptors (Lipinski definition) is 3. The lowest BCUT2D eigenvalue weighted by atomic mass is 10.1. The molecule has 0 fully saturated rings. The first kappa shape index (κ1) is 16.3. The Kier molecular flexibility index (Phi) is 6.63. The van der Waals surface area contributed by atoms with Crippen molar-refractivity contribution in [1.82, 2.24) is 4.90 Å². The Balaban J connectivity index is 2.89. The number of aliphatic hydroxyl groups is 1. The van der Waals surface area contributed by atoms with E-state index in [0.29, 0.717) is 5.02 Å². The molecule has 0 bridgehead atoms. The third-order valence-electron chi connectivity index (χ3n) is 3.11. The average molecular weight is 285 g/mol.